The van der Waals surface area contributed by atoms with E-state index >= 15 is 0 Å². The predicted molar refractivity (Wildman–Crippen MR) is 101 cm³/mol. The van der Waals surface area contributed by atoms with Crippen LogP contribution >= 0.6 is 0 Å². The lowest BCUT2D eigenvalue weighted by Crippen LogP contribution is -2.53. The Balaban J connectivity index is 2.60. The molecule has 0 spiro atoms. The van der Waals surface area contributed by atoms with Crippen LogP contribution in [-0.2, 0) is 15.4 Å². The molecule has 0 saturated carbocycles. The van der Waals surface area contributed by atoms with Gasteiger partial charge in [-0.3, -0.25) is 4.99 Å². The van der Waals surface area contributed by atoms with E-state index in [-0.39, 0.29) is 5.41 Å². The second-order valence-electron chi connectivity index (χ2n) is 7.29. The maximum Gasteiger partial charge on any atom is 0.209 e. The Labute approximate surface area is 146 Å². The molecule has 7 heteroatoms. The van der Waals surface area contributed by atoms with E-state index in [0.717, 1.165) is 6.26 Å². The van der Waals surface area contributed by atoms with Crippen LogP contribution in [0.2, 0.25) is 0 Å². The number of hydrogen-bond donors (Lipinski definition) is 3. The third-order valence-corrected chi connectivity index (χ3v) is 4.56. The van der Waals surface area contributed by atoms with Crippen LogP contribution < -0.4 is 15.4 Å². The fraction of sp³-hybridized carbons (Fsp3) is 0.588. The Morgan fingerprint density at radius 3 is 2.08 bits per heavy atom. The van der Waals surface area contributed by atoms with Crippen molar-refractivity contribution in [2.45, 2.75) is 38.6 Å². The van der Waals surface area contributed by atoms with E-state index in [9.17, 15) is 8.42 Å². The lowest BCUT2D eigenvalue weighted by atomic mass is 9.85. The molecule has 24 heavy (non-hydrogen) atoms. The molecule has 0 radical (unpaired) electrons. The van der Waals surface area contributed by atoms with Crippen molar-refractivity contribution in [1.29, 1.82) is 0 Å². The summed E-state index contributed by atoms with van der Waals surface area (Å²) < 4.78 is 25.4. The van der Waals surface area contributed by atoms with Gasteiger partial charge in [0.15, 0.2) is 5.96 Å². The molecular weight excluding hydrogens is 324 g/mol. The second-order valence-corrected chi connectivity index (χ2v) is 9.04. The smallest absolute Gasteiger partial charge is 0.209 e. The molecule has 136 valence electrons. The number of sulfonamides is 1. The largest absolute Gasteiger partial charge is 0.356 e. The van der Waals surface area contributed by atoms with E-state index in [1.165, 1.54) is 5.56 Å². The van der Waals surface area contributed by atoms with Gasteiger partial charge in [0.1, 0.15) is 0 Å². The van der Waals surface area contributed by atoms with E-state index in [0.29, 0.717) is 19.0 Å². The number of guanidine groups is 1. The molecule has 0 amide bonds. The van der Waals surface area contributed by atoms with Gasteiger partial charge in [0.2, 0.25) is 10.0 Å². The molecule has 0 aliphatic heterocycles. The van der Waals surface area contributed by atoms with Crippen LogP contribution in [-0.4, -0.2) is 46.3 Å². The SMILES string of the molecule is CN=C(NCC(C)(C)NS(C)(=O)=O)NCC(C)(C)c1ccccc1. The summed E-state index contributed by atoms with van der Waals surface area (Å²) in [5.41, 5.74) is 0.576. The van der Waals surface area contributed by atoms with Crippen molar-refractivity contribution >= 4 is 16.0 Å². The molecule has 0 aromatic heterocycles. The first-order valence-corrected chi connectivity index (χ1v) is 9.83. The van der Waals surface area contributed by atoms with E-state index in [1.54, 1.807) is 7.05 Å². The van der Waals surface area contributed by atoms with Gasteiger partial charge in [0.25, 0.3) is 0 Å². The summed E-state index contributed by atoms with van der Waals surface area (Å²) in [6.45, 7) is 9.10. The maximum atomic E-state index is 11.4. The lowest BCUT2D eigenvalue weighted by Gasteiger charge is -2.29. The lowest BCUT2D eigenvalue weighted by molar-refractivity contribution is 0.443. The predicted octanol–water partition coefficient (Wildman–Crippen LogP) is 1.46. The van der Waals surface area contributed by atoms with E-state index in [1.807, 2.05) is 32.0 Å². The van der Waals surface area contributed by atoms with Crippen molar-refractivity contribution in [2.75, 3.05) is 26.4 Å². The molecule has 1 rings (SSSR count). The van der Waals surface area contributed by atoms with Crippen molar-refractivity contribution in [3.63, 3.8) is 0 Å². The minimum Gasteiger partial charge on any atom is -0.356 e. The van der Waals surface area contributed by atoms with Gasteiger partial charge in [-0.15, -0.1) is 0 Å². The third kappa shape index (κ3) is 7.31. The van der Waals surface area contributed by atoms with Crippen LogP contribution in [0.25, 0.3) is 0 Å². The minimum absolute atomic E-state index is 0.0561. The zero-order chi connectivity index (χ0) is 18.4. The van der Waals surface area contributed by atoms with Crippen molar-refractivity contribution in [3.05, 3.63) is 35.9 Å². The second kappa shape index (κ2) is 7.98. The van der Waals surface area contributed by atoms with Gasteiger partial charge < -0.3 is 10.6 Å². The van der Waals surface area contributed by atoms with Crippen LogP contribution in [0.15, 0.2) is 35.3 Å². The Morgan fingerprint density at radius 1 is 1.04 bits per heavy atom. The molecule has 0 atom stereocenters. The van der Waals surface area contributed by atoms with Crippen LogP contribution in [0.3, 0.4) is 0 Å². The highest BCUT2D eigenvalue weighted by Gasteiger charge is 2.23. The fourth-order valence-electron chi connectivity index (χ4n) is 2.36. The Hall–Kier alpha value is -1.60. The zero-order valence-corrected chi connectivity index (χ0v) is 16.3. The molecule has 6 nitrogen and oxygen atoms in total. The average Bonchev–Trinajstić information content (AvgIpc) is 2.46. The van der Waals surface area contributed by atoms with Gasteiger partial charge in [-0.2, -0.15) is 0 Å². The number of hydrogen-bond acceptors (Lipinski definition) is 3. The molecule has 1 aromatic carbocycles. The van der Waals surface area contributed by atoms with E-state index in [4.69, 9.17) is 0 Å². The van der Waals surface area contributed by atoms with Crippen molar-refractivity contribution in [1.82, 2.24) is 15.4 Å². The highest BCUT2D eigenvalue weighted by atomic mass is 32.2. The zero-order valence-electron chi connectivity index (χ0n) is 15.5. The number of rotatable bonds is 7. The highest BCUT2D eigenvalue weighted by Crippen LogP contribution is 2.21. The number of nitrogens with zero attached hydrogens (tertiary/aromatic N) is 1. The van der Waals surface area contributed by atoms with Gasteiger partial charge in [-0.25, -0.2) is 13.1 Å². The third-order valence-electron chi connectivity index (χ3n) is 3.64. The quantitative estimate of drug-likeness (QED) is 0.511. The Kier molecular flexibility index (Phi) is 6.80. The highest BCUT2D eigenvalue weighted by molar-refractivity contribution is 7.88. The molecule has 0 saturated heterocycles. The summed E-state index contributed by atoms with van der Waals surface area (Å²) >= 11 is 0. The molecular formula is C17H30N4O2S. The number of nitrogens with one attached hydrogen (secondary N) is 3. The summed E-state index contributed by atoms with van der Waals surface area (Å²) in [6.07, 6.45) is 1.16. The minimum atomic E-state index is -3.26. The Bertz CT molecular complexity index is 652. The van der Waals surface area contributed by atoms with E-state index < -0.39 is 15.6 Å². The standard InChI is InChI=1S/C17H30N4O2S/c1-16(2,14-10-8-7-9-11-14)12-19-15(18-5)20-13-17(3,4)21-24(6,22)23/h7-11,21H,12-13H2,1-6H3,(H2,18,19,20). The molecule has 0 aliphatic rings. The van der Waals surface area contributed by atoms with Crippen molar-refractivity contribution in [3.8, 4) is 0 Å². The Morgan fingerprint density at radius 2 is 1.58 bits per heavy atom. The first kappa shape index (κ1) is 20.4. The summed E-state index contributed by atoms with van der Waals surface area (Å²) in [4.78, 5) is 4.20. The van der Waals surface area contributed by atoms with E-state index in [2.05, 4.69) is 46.3 Å². The van der Waals surface area contributed by atoms with Gasteiger partial charge >= 0.3 is 0 Å². The molecule has 3 N–H and O–H groups in total. The molecule has 0 unspecified atom stereocenters. The van der Waals surface area contributed by atoms with Crippen molar-refractivity contribution < 1.29 is 8.42 Å². The molecule has 0 bridgehead atoms. The van der Waals surface area contributed by atoms with Gasteiger partial charge in [0, 0.05) is 31.1 Å². The van der Waals surface area contributed by atoms with Crippen LogP contribution in [0.5, 0.6) is 0 Å². The van der Waals surface area contributed by atoms with Crippen LogP contribution in [0, 0.1) is 0 Å². The summed E-state index contributed by atoms with van der Waals surface area (Å²) in [5.74, 6) is 0.641. The first-order chi connectivity index (χ1) is 11.0. The van der Waals surface area contributed by atoms with Gasteiger partial charge in [-0.1, -0.05) is 44.2 Å². The normalized spacial score (nSPS) is 13.7. The van der Waals surface area contributed by atoms with Crippen LogP contribution in [0.4, 0.5) is 0 Å². The molecule has 0 aliphatic carbocycles. The average molecular weight is 355 g/mol. The van der Waals surface area contributed by atoms with Gasteiger partial charge in [-0.05, 0) is 19.4 Å². The molecule has 0 fully saturated rings. The monoisotopic (exact) mass is 354 g/mol. The van der Waals surface area contributed by atoms with Crippen LogP contribution in [0.1, 0.15) is 33.3 Å². The summed E-state index contributed by atoms with van der Waals surface area (Å²) in [5, 5.41) is 6.47. The molecule has 1 aromatic rings. The summed E-state index contributed by atoms with van der Waals surface area (Å²) in [7, 11) is -1.56. The van der Waals surface area contributed by atoms with Gasteiger partial charge in [0.05, 0.1) is 6.26 Å². The molecule has 0 heterocycles. The van der Waals surface area contributed by atoms with Crippen molar-refractivity contribution in [2.24, 2.45) is 4.99 Å². The fourth-order valence-corrected chi connectivity index (χ4v) is 3.44. The topological polar surface area (TPSA) is 82.6 Å². The number of benzene rings is 1. The first-order valence-electron chi connectivity index (χ1n) is 7.94. The number of aliphatic imine (C=N–C) groups is 1. The maximum absolute atomic E-state index is 11.4. The summed E-state index contributed by atoms with van der Waals surface area (Å²) in [6, 6.07) is 10.3.